The minimum absolute atomic E-state index is 0.0544. The van der Waals surface area contributed by atoms with E-state index in [1.807, 2.05) is 24.3 Å². The third-order valence-electron chi connectivity index (χ3n) is 4.32. The molecule has 1 atom stereocenters. The zero-order valence-electron chi connectivity index (χ0n) is 13.4. The van der Waals surface area contributed by atoms with Crippen LogP contribution in [0.3, 0.4) is 0 Å². The largest absolute Gasteiger partial charge is 0.463 e. The standard InChI is InChI=1S/C18H19BrN2O3/c1-2-24-18(23)16-14(10-6-3-4-7-11(10)19)15-12(21-17(16)20)8-5-9-13(15)22/h3-4,6-7,14,21H,2,5,8-9,20H2,1H3. The Morgan fingerprint density at radius 2 is 2.12 bits per heavy atom. The van der Waals surface area contributed by atoms with Crippen molar-refractivity contribution in [1.82, 2.24) is 5.32 Å². The lowest BCUT2D eigenvalue weighted by atomic mass is 9.76. The van der Waals surface area contributed by atoms with Gasteiger partial charge in [0.2, 0.25) is 0 Å². The summed E-state index contributed by atoms with van der Waals surface area (Å²) in [5.74, 6) is -0.682. The van der Waals surface area contributed by atoms with Gasteiger partial charge in [0.15, 0.2) is 5.78 Å². The molecular weight excluding hydrogens is 372 g/mol. The van der Waals surface area contributed by atoms with Crippen molar-refractivity contribution in [3.05, 3.63) is 57.0 Å². The highest BCUT2D eigenvalue weighted by molar-refractivity contribution is 9.10. The summed E-state index contributed by atoms with van der Waals surface area (Å²) < 4.78 is 6.02. The van der Waals surface area contributed by atoms with Gasteiger partial charge < -0.3 is 15.8 Å². The van der Waals surface area contributed by atoms with Crippen LogP contribution in [-0.4, -0.2) is 18.4 Å². The third kappa shape index (κ3) is 2.86. The Bertz CT molecular complexity index is 767. The molecule has 1 unspecified atom stereocenters. The van der Waals surface area contributed by atoms with E-state index in [9.17, 15) is 9.59 Å². The lowest BCUT2D eigenvalue weighted by Crippen LogP contribution is -2.38. The van der Waals surface area contributed by atoms with Crippen LogP contribution in [-0.2, 0) is 14.3 Å². The fraction of sp³-hybridized carbons (Fsp3) is 0.333. The van der Waals surface area contributed by atoms with Crippen molar-refractivity contribution in [2.45, 2.75) is 32.1 Å². The summed E-state index contributed by atoms with van der Waals surface area (Å²) in [6.45, 7) is 1.99. The maximum atomic E-state index is 12.6. The molecule has 1 aromatic carbocycles. The van der Waals surface area contributed by atoms with Crippen LogP contribution in [0.2, 0.25) is 0 Å². The quantitative estimate of drug-likeness (QED) is 0.775. The monoisotopic (exact) mass is 390 g/mol. The minimum Gasteiger partial charge on any atom is -0.463 e. The average molecular weight is 391 g/mol. The number of hydrogen-bond acceptors (Lipinski definition) is 5. The molecule has 0 saturated heterocycles. The predicted molar refractivity (Wildman–Crippen MR) is 93.7 cm³/mol. The molecule has 3 N–H and O–H groups in total. The van der Waals surface area contributed by atoms with Crippen LogP contribution >= 0.6 is 15.9 Å². The van der Waals surface area contributed by atoms with Crippen molar-refractivity contribution >= 4 is 27.7 Å². The molecule has 1 heterocycles. The Labute approximate surface area is 149 Å². The van der Waals surface area contributed by atoms with Crippen LogP contribution in [0, 0.1) is 0 Å². The summed E-state index contributed by atoms with van der Waals surface area (Å²) in [7, 11) is 0. The zero-order valence-corrected chi connectivity index (χ0v) is 15.0. The predicted octanol–water partition coefficient (Wildman–Crippen LogP) is 2.88. The first-order valence-electron chi connectivity index (χ1n) is 7.99. The number of Topliss-reactive ketones (excluding diaryl/α,β-unsaturated/α-hetero) is 1. The highest BCUT2D eigenvalue weighted by Gasteiger charge is 2.40. The molecule has 24 heavy (non-hydrogen) atoms. The van der Waals surface area contributed by atoms with Gasteiger partial charge in [-0.05, 0) is 31.4 Å². The minimum atomic E-state index is -0.510. The first-order valence-corrected chi connectivity index (χ1v) is 8.78. The lowest BCUT2D eigenvalue weighted by Gasteiger charge is -2.34. The summed E-state index contributed by atoms with van der Waals surface area (Å²) in [4.78, 5) is 25.2. The van der Waals surface area contributed by atoms with Gasteiger partial charge in [-0.1, -0.05) is 34.1 Å². The molecular formula is C18H19BrN2O3. The third-order valence-corrected chi connectivity index (χ3v) is 5.04. The molecule has 126 valence electrons. The normalized spacial score (nSPS) is 20.6. The van der Waals surface area contributed by atoms with Gasteiger partial charge in [0.1, 0.15) is 5.82 Å². The molecule has 3 rings (SSSR count). The number of hydrogen-bond donors (Lipinski definition) is 2. The Kier molecular flexibility index (Phi) is 4.76. The van der Waals surface area contributed by atoms with Gasteiger partial charge in [-0.3, -0.25) is 4.79 Å². The van der Waals surface area contributed by atoms with Gasteiger partial charge in [0.05, 0.1) is 18.1 Å². The molecule has 6 heteroatoms. The van der Waals surface area contributed by atoms with E-state index in [0.717, 1.165) is 28.6 Å². The second-order valence-electron chi connectivity index (χ2n) is 5.80. The van der Waals surface area contributed by atoms with E-state index in [4.69, 9.17) is 10.5 Å². The van der Waals surface area contributed by atoms with E-state index in [1.165, 1.54) is 0 Å². The Hall–Kier alpha value is -2.08. The number of rotatable bonds is 3. The SMILES string of the molecule is CCOC(=O)C1=C(N)NC2=C(C(=O)CCC2)C1c1ccccc1Br. The highest BCUT2D eigenvalue weighted by Crippen LogP contribution is 2.43. The van der Waals surface area contributed by atoms with E-state index in [-0.39, 0.29) is 18.2 Å². The van der Waals surface area contributed by atoms with E-state index in [0.29, 0.717) is 17.6 Å². The topological polar surface area (TPSA) is 81.4 Å². The molecule has 0 bridgehead atoms. The van der Waals surface area contributed by atoms with Gasteiger partial charge in [0, 0.05) is 22.2 Å². The molecule has 1 aromatic rings. The van der Waals surface area contributed by atoms with E-state index in [2.05, 4.69) is 21.2 Å². The zero-order chi connectivity index (χ0) is 17.3. The number of esters is 1. The average Bonchev–Trinajstić information content (AvgIpc) is 2.54. The van der Waals surface area contributed by atoms with Crippen molar-refractivity contribution in [2.24, 2.45) is 5.73 Å². The Morgan fingerprint density at radius 3 is 2.83 bits per heavy atom. The highest BCUT2D eigenvalue weighted by atomic mass is 79.9. The number of benzene rings is 1. The van der Waals surface area contributed by atoms with Crippen LogP contribution in [0.4, 0.5) is 0 Å². The number of carbonyl (C=O) groups is 2. The van der Waals surface area contributed by atoms with Crippen LogP contribution < -0.4 is 11.1 Å². The van der Waals surface area contributed by atoms with Crippen LogP contribution in [0.5, 0.6) is 0 Å². The van der Waals surface area contributed by atoms with Gasteiger partial charge in [-0.25, -0.2) is 4.79 Å². The summed E-state index contributed by atoms with van der Waals surface area (Å²) in [5, 5.41) is 3.06. The summed E-state index contributed by atoms with van der Waals surface area (Å²) in [6.07, 6.45) is 2.02. The number of halogens is 1. The smallest absolute Gasteiger partial charge is 0.338 e. The van der Waals surface area contributed by atoms with Crippen molar-refractivity contribution in [3.8, 4) is 0 Å². The molecule has 1 aliphatic heterocycles. The first kappa shape index (κ1) is 16.8. The second-order valence-corrected chi connectivity index (χ2v) is 6.65. The molecule has 1 aliphatic carbocycles. The molecule has 0 amide bonds. The number of nitrogens with two attached hydrogens (primary N) is 1. The lowest BCUT2D eigenvalue weighted by molar-refractivity contribution is -0.138. The van der Waals surface area contributed by atoms with Crippen LogP contribution in [0.15, 0.2) is 51.4 Å². The fourth-order valence-corrected chi connectivity index (χ4v) is 3.83. The summed E-state index contributed by atoms with van der Waals surface area (Å²) in [5.41, 5.74) is 8.74. The second kappa shape index (κ2) is 6.81. The summed E-state index contributed by atoms with van der Waals surface area (Å²) >= 11 is 3.53. The maximum absolute atomic E-state index is 12.6. The number of nitrogens with one attached hydrogen (secondary N) is 1. The van der Waals surface area contributed by atoms with E-state index < -0.39 is 11.9 Å². The number of ether oxygens (including phenoxy) is 1. The summed E-state index contributed by atoms with van der Waals surface area (Å²) in [6, 6.07) is 7.57. The van der Waals surface area contributed by atoms with Gasteiger partial charge in [-0.2, -0.15) is 0 Å². The molecule has 0 fully saturated rings. The Balaban J connectivity index is 2.19. The number of ketones is 1. The first-order chi connectivity index (χ1) is 11.5. The fourth-order valence-electron chi connectivity index (χ4n) is 3.32. The van der Waals surface area contributed by atoms with Crippen LogP contribution in [0.1, 0.15) is 37.7 Å². The molecule has 2 aliphatic rings. The molecule has 5 nitrogen and oxygen atoms in total. The number of carbonyl (C=O) groups excluding carboxylic acids is 2. The van der Waals surface area contributed by atoms with Gasteiger partial charge in [0.25, 0.3) is 0 Å². The van der Waals surface area contributed by atoms with Crippen molar-refractivity contribution in [2.75, 3.05) is 6.61 Å². The molecule has 0 saturated carbocycles. The van der Waals surface area contributed by atoms with E-state index in [1.54, 1.807) is 6.92 Å². The van der Waals surface area contributed by atoms with Crippen molar-refractivity contribution in [1.29, 1.82) is 0 Å². The Morgan fingerprint density at radius 1 is 1.38 bits per heavy atom. The van der Waals surface area contributed by atoms with Crippen LogP contribution in [0.25, 0.3) is 0 Å². The van der Waals surface area contributed by atoms with Crippen molar-refractivity contribution in [3.63, 3.8) is 0 Å². The molecule has 0 aromatic heterocycles. The molecule has 0 radical (unpaired) electrons. The van der Waals surface area contributed by atoms with Gasteiger partial charge >= 0.3 is 5.97 Å². The van der Waals surface area contributed by atoms with Crippen molar-refractivity contribution < 1.29 is 14.3 Å². The van der Waals surface area contributed by atoms with E-state index >= 15 is 0 Å². The maximum Gasteiger partial charge on any atom is 0.338 e. The van der Waals surface area contributed by atoms with Gasteiger partial charge in [-0.15, -0.1) is 0 Å². The molecule has 0 spiro atoms. The number of dihydropyridines is 1. The number of allylic oxidation sites excluding steroid dienone is 2.